The summed E-state index contributed by atoms with van der Waals surface area (Å²) >= 11 is 0. The number of hydrogen-bond acceptors (Lipinski definition) is 7. The van der Waals surface area contributed by atoms with Gasteiger partial charge in [-0.2, -0.15) is 17.5 Å². The molecule has 1 aliphatic heterocycles. The Bertz CT molecular complexity index is 1060. The Morgan fingerprint density at radius 3 is 2.50 bits per heavy atom. The molecular formula is C24H34F3N3O5S. The molecule has 1 unspecified atom stereocenters. The number of sulfonamides is 1. The molecule has 36 heavy (non-hydrogen) atoms. The van der Waals surface area contributed by atoms with E-state index in [4.69, 9.17) is 4.74 Å². The van der Waals surface area contributed by atoms with Crippen molar-refractivity contribution in [2.75, 3.05) is 37.4 Å². The van der Waals surface area contributed by atoms with Crippen molar-refractivity contribution >= 4 is 27.6 Å². The van der Waals surface area contributed by atoms with Gasteiger partial charge in [0.15, 0.2) is 0 Å². The molecule has 0 radical (unpaired) electrons. The van der Waals surface area contributed by atoms with E-state index in [1.165, 1.54) is 17.5 Å². The zero-order valence-electron chi connectivity index (χ0n) is 21.0. The maximum atomic E-state index is 13.6. The summed E-state index contributed by atoms with van der Waals surface area (Å²) in [5.74, 6) is -0.631. The molecule has 1 saturated heterocycles. The Balaban J connectivity index is 1.85. The molecule has 0 bridgehead atoms. The SMILES string of the molecule is COC(=O)CC1CN(S(=O)(=O)C[C@]2(C(C)C)CC[C@H](C)CC2=O)CCN1c1ccc(C(F)(F)F)cn1. The van der Waals surface area contributed by atoms with E-state index < -0.39 is 39.2 Å². The van der Waals surface area contributed by atoms with Gasteiger partial charge in [-0.25, -0.2) is 13.4 Å². The molecule has 2 heterocycles. The first-order valence-corrected chi connectivity index (χ1v) is 13.7. The fraction of sp³-hybridized carbons (Fsp3) is 0.708. The van der Waals surface area contributed by atoms with Crippen molar-refractivity contribution in [1.29, 1.82) is 0 Å². The molecule has 8 nitrogen and oxygen atoms in total. The second-order valence-electron chi connectivity index (χ2n) is 10.2. The first-order chi connectivity index (χ1) is 16.7. The van der Waals surface area contributed by atoms with Gasteiger partial charge in [0.05, 0.1) is 30.9 Å². The monoisotopic (exact) mass is 533 g/mol. The van der Waals surface area contributed by atoms with Crippen molar-refractivity contribution < 1.29 is 35.9 Å². The summed E-state index contributed by atoms with van der Waals surface area (Å²) in [4.78, 5) is 30.7. The summed E-state index contributed by atoms with van der Waals surface area (Å²) in [6, 6.07) is 1.43. The van der Waals surface area contributed by atoms with E-state index in [2.05, 4.69) is 4.98 Å². The number of carbonyl (C=O) groups excluding carboxylic acids is 2. The van der Waals surface area contributed by atoms with E-state index in [-0.39, 0.29) is 55.2 Å². The molecule has 3 rings (SSSR count). The van der Waals surface area contributed by atoms with E-state index in [1.54, 1.807) is 4.90 Å². The highest BCUT2D eigenvalue weighted by molar-refractivity contribution is 7.89. The quantitative estimate of drug-likeness (QED) is 0.495. The number of ketones is 1. The summed E-state index contributed by atoms with van der Waals surface area (Å²) < 4.78 is 72.1. The zero-order valence-corrected chi connectivity index (χ0v) is 21.9. The first kappa shape index (κ1) is 28.4. The number of alkyl halides is 3. The molecule has 2 aliphatic rings. The maximum absolute atomic E-state index is 13.6. The second kappa shape index (κ2) is 10.6. The van der Waals surface area contributed by atoms with Crippen LogP contribution in [0.2, 0.25) is 0 Å². The minimum absolute atomic E-state index is 0.0291. The Kier molecular flexibility index (Phi) is 8.39. The minimum Gasteiger partial charge on any atom is -0.469 e. The molecule has 202 valence electrons. The van der Waals surface area contributed by atoms with Gasteiger partial charge in [0, 0.05) is 37.7 Å². The van der Waals surface area contributed by atoms with Crippen LogP contribution >= 0.6 is 0 Å². The zero-order chi connectivity index (χ0) is 26.9. The molecule has 0 amide bonds. The topological polar surface area (TPSA) is 96.9 Å². The molecule has 12 heteroatoms. The van der Waals surface area contributed by atoms with Gasteiger partial charge < -0.3 is 9.64 Å². The van der Waals surface area contributed by atoms with Crippen LogP contribution in [-0.2, 0) is 30.5 Å². The Morgan fingerprint density at radius 1 is 1.28 bits per heavy atom. The lowest BCUT2D eigenvalue weighted by molar-refractivity contribution is -0.141. The van der Waals surface area contributed by atoms with Gasteiger partial charge in [-0.3, -0.25) is 9.59 Å². The molecule has 2 fully saturated rings. The number of nitrogens with zero attached hydrogens (tertiary/aromatic N) is 3. The van der Waals surface area contributed by atoms with Gasteiger partial charge in [-0.15, -0.1) is 0 Å². The summed E-state index contributed by atoms with van der Waals surface area (Å²) in [6.45, 7) is 5.84. The molecule has 1 aromatic heterocycles. The number of hydrogen-bond donors (Lipinski definition) is 0. The van der Waals surface area contributed by atoms with Gasteiger partial charge in [-0.05, 0) is 36.8 Å². The van der Waals surface area contributed by atoms with E-state index >= 15 is 0 Å². The largest absolute Gasteiger partial charge is 0.469 e. The number of aromatic nitrogens is 1. The van der Waals surface area contributed by atoms with Crippen molar-refractivity contribution in [3.8, 4) is 0 Å². The number of anilines is 1. The van der Waals surface area contributed by atoms with Crippen LogP contribution in [0.5, 0.6) is 0 Å². The lowest BCUT2D eigenvalue weighted by Crippen LogP contribution is -2.58. The number of piperazine rings is 1. The highest BCUT2D eigenvalue weighted by atomic mass is 32.2. The molecule has 1 aliphatic carbocycles. The van der Waals surface area contributed by atoms with Crippen LogP contribution in [0.4, 0.5) is 19.0 Å². The van der Waals surface area contributed by atoms with E-state index in [0.29, 0.717) is 12.8 Å². The third-order valence-electron chi connectivity index (χ3n) is 7.56. The second-order valence-corrected chi connectivity index (χ2v) is 12.2. The van der Waals surface area contributed by atoms with Crippen LogP contribution in [0.1, 0.15) is 52.0 Å². The highest BCUT2D eigenvalue weighted by Crippen LogP contribution is 2.43. The Morgan fingerprint density at radius 2 is 1.97 bits per heavy atom. The molecule has 0 N–H and O–H groups in total. The summed E-state index contributed by atoms with van der Waals surface area (Å²) in [7, 11) is -2.67. The minimum atomic E-state index is -4.54. The fourth-order valence-corrected chi connectivity index (χ4v) is 7.40. The fourth-order valence-electron chi connectivity index (χ4n) is 5.17. The molecule has 1 saturated carbocycles. The number of esters is 1. The lowest BCUT2D eigenvalue weighted by atomic mass is 9.65. The van der Waals surface area contributed by atoms with Crippen LogP contribution in [0, 0.1) is 17.3 Å². The summed E-state index contributed by atoms with van der Waals surface area (Å²) in [6.07, 6.45) is -2.36. The average molecular weight is 534 g/mol. The van der Waals surface area contributed by atoms with Gasteiger partial charge >= 0.3 is 12.1 Å². The smallest absolute Gasteiger partial charge is 0.417 e. The molecular weight excluding hydrogens is 499 g/mol. The van der Waals surface area contributed by atoms with Crippen LogP contribution in [0.3, 0.4) is 0 Å². The van der Waals surface area contributed by atoms with Crippen LogP contribution in [0.15, 0.2) is 18.3 Å². The predicted molar refractivity (Wildman–Crippen MR) is 128 cm³/mol. The van der Waals surface area contributed by atoms with E-state index in [1.807, 2.05) is 20.8 Å². The number of rotatable bonds is 7. The molecule has 1 aromatic rings. The van der Waals surface area contributed by atoms with Crippen molar-refractivity contribution in [3.05, 3.63) is 23.9 Å². The Labute approximate surface area is 210 Å². The third kappa shape index (κ3) is 6.01. The lowest BCUT2D eigenvalue weighted by Gasteiger charge is -2.44. The number of Topliss-reactive ketones (excluding diaryl/α,β-unsaturated/α-hetero) is 1. The van der Waals surface area contributed by atoms with Crippen LogP contribution in [-0.4, -0.2) is 68.0 Å². The van der Waals surface area contributed by atoms with E-state index in [9.17, 15) is 31.2 Å². The highest BCUT2D eigenvalue weighted by Gasteiger charge is 2.49. The number of ether oxygens (including phenoxy) is 1. The van der Waals surface area contributed by atoms with Gasteiger partial charge in [0.2, 0.25) is 10.0 Å². The Hall–Kier alpha value is -2.21. The predicted octanol–water partition coefficient (Wildman–Crippen LogP) is 3.52. The van der Waals surface area contributed by atoms with Crippen LogP contribution < -0.4 is 4.90 Å². The van der Waals surface area contributed by atoms with Crippen molar-refractivity contribution in [2.24, 2.45) is 17.3 Å². The normalized spacial score (nSPS) is 26.3. The average Bonchev–Trinajstić information content (AvgIpc) is 2.80. The number of pyridine rings is 1. The van der Waals surface area contributed by atoms with Gasteiger partial charge in [-0.1, -0.05) is 20.8 Å². The number of methoxy groups -OCH3 is 1. The first-order valence-electron chi connectivity index (χ1n) is 12.1. The summed E-state index contributed by atoms with van der Waals surface area (Å²) in [5, 5.41) is 0. The molecule has 0 aromatic carbocycles. The van der Waals surface area contributed by atoms with Crippen molar-refractivity contribution in [3.63, 3.8) is 0 Å². The van der Waals surface area contributed by atoms with Gasteiger partial charge in [0.25, 0.3) is 0 Å². The third-order valence-corrected chi connectivity index (χ3v) is 9.55. The standard InChI is InChI=1S/C24H34F3N3O5S/c1-16(2)23(8-7-17(3)11-20(23)31)15-36(33,34)29-9-10-30(19(14-29)12-22(32)35-4)21-6-5-18(13-28-21)24(25,26)27/h5-6,13,16-17,19H,7-12,14-15H2,1-4H3/t17-,19?,23-/m0/s1. The molecule has 3 atom stereocenters. The summed E-state index contributed by atoms with van der Waals surface area (Å²) in [5.41, 5.74) is -1.86. The van der Waals surface area contributed by atoms with Gasteiger partial charge in [0.1, 0.15) is 11.6 Å². The van der Waals surface area contributed by atoms with Crippen LogP contribution in [0.25, 0.3) is 0 Å². The van der Waals surface area contributed by atoms with E-state index in [0.717, 1.165) is 18.7 Å². The number of halogens is 3. The van der Waals surface area contributed by atoms with Crippen molar-refractivity contribution in [2.45, 2.75) is 58.7 Å². The maximum Gasteiger partial charge on any atom is 0.417 e. The van der Waals surface area contributed by atoms with Crippen molar-refractivity contribution in [1.82, 2.24) is 9.29 Å². The molecule has 0 spiro atoms. The number of carbonyl (C=O) groups is 2.